The number of nitrogens with zero attached hydrogens (tertiary/aromatic N) is 6. The van der Waals surface area contributed by atoms with E-state index in [0.29, 0.717) is 16.7 Å². The Labute approximate surface area is 134 Å². The van der Waals surface area contributed by atoms with Gasteiger partial charge in [0.15, 0.2) is 0 Å². The number of benzene rings is 1. The molecule has 0 fully saturated rings. The average Bonchev–Trinajstić information content (AvgIpc) is 3.13. The quantitative estimate of drug-likeness (QED) is 0.500. The number of tetrazole rings is 1. The summed E-state index contributed by atoms with van der Waals surface area (Å²) >= 11 is 0. The predicted molar refractivity (Wildman–Crippen MR) is 85.8 cm³/mol. The Bertz CT molecular complexity index is 1100. The molecule has 3 rings (SSSR count). The summed E-state index contributed by atoms with van der Waals surface area (Å²) in [5.74, 6) is 0.167. The molecule has 2 N–H and O–H groups in total. The molecule has 0 saturated heterocycles. The lowest BCUT2D eigenvalue weighted by molar-refractivity contribution is 0.799. The normalized spacial score (nSPS) is 11.5. The first-order valence-electron chi connectivity index (χ1n) is 6.83. The molecule has 120 valence electrons. The van der Waals surface area contributed by atoms with Crippen LogP contribution >= 0.6 is 0 Å². The van der Waals surface area contributed by atoms with Crippen LogP contribution in [0.2, 0.25) is 0 Å². The third kappa shape index (κ3) is 2.44. The van der Waals surface area contributed by atoms with Crippen LogP contribution < -0.4 is 16.4 Å². The molecule has 0 bridgehead atoms. The highest BCUT2D eigenvalue weighted by molar-refractivity contribution is 5.81. The van der Waals surface area contributed by atoms with E-state index in [1.165, 1.54) is 22.4 Å². The zero-order valence-electron chi connectivity index (χ0n) is 12.8. The number of hydrogen-bond acceptors (Lipinski definition) is 7. The Balaban J connectivity index is 2.05. The lowest BCUT2D eigenvalue weighted by Crippen LogP contribution is -2.39. The monoisotopic (exact) mass is 324 g/mol. The Morgan fingerprint density at radius 3 is 2.58 bits per heavy atom. The van der Waals surface area contributed by atoms with Gasteiger partial charge in [-0.1, -0.05) is 0 Å². The maximum Gasteiger partial charge on any atom is 0.316 e. The molecule has 0 aliphatic heterocycles. The molecule has 0 saturated carbocycles. The fourth-order valence-electron chi connectivity index (χ4n) is 2.25. The largest absolute Gasteiger partial charge is 0.360 e. The van der Waals surface area contributed by atoms with Gasteiger partial charge in [-0.05, 0) is 23.4 Å². The minimum absolute atomic E-state index is 0.167. The van der Waals surface area contributed by atoms with Crippen molar-refractivity contribution in [2.45, 2.75) is 0 Å². The van der Waals surface area contributed by atoms with Gasteiger partial charge in [0.2, 0.25) is 5.82 Å². The Morgan fingerprint density at radius 1 is 1.25 bits per heavy atom. The van der Waals surface area contributed by atoms with Gasteiger partial charge in [0.1, 0.15) is 11.6 Å². The molecular weight excluding hydrogens is 312 g/mol. The fourth-order valence-corrected chi connectivity index (χ4v) is 2.25. The number of hydrogen-bond donors (Lipinski definition) is 2. The summed E-state index contributed by atoms with van der Waals surface area (Å²) in [4.78, 5) is 23.7. The summed E-state index contributed by atoms with van der Waals surface area (Å²) in [6.45, 7) is 0. The molecule has 0 unspecified atom stereocenters. The van der Waals surface area contributed by atoms with Gasteiger partial charge in [0, 0.05) is 26.0 Å². The zero-order chi connectivity index (χ0) is 17.3. The standard InChI is InChI=1S/C14H12N8O2/c1-21-10-4-3-9(5-11(10)22(2)14(24)13(21)23)16-7-8(6-15)12-17-19-20-18-12/h3-5,7,16H,1-2H3,(H,17,18,19,20). The molecule has 0 amide bonds. The Morgan fingerprint density at radius 2 is 1.96 bits per heavy atom. The summed E-state index contributed by atoms with van der Waals surface area (Å²) < 4.78 is 2.59. The first-order valence-corrected chi connectivity index (χ1v) is 6.83. The molecule has 10 nitrogen and oxygen atoms in total. The molecule has 0 spiro atoms. The lowest BCUT2D eigenvalue weighted by Gasteiger charge is -2.10. The van der Waals surface area contributed by atoms with Gasteiger partial charge in [-0.3, -0.25) is 9.59 Å². The van der Waals surface area contributed by atoms with Crippen LogP contribution in [0.3, 0.4) is 0 Å². The highest BCUT2D eigenvalue weighted by Gasteiger charge is 2.09. The smallest absolute Gasteiger partial charge is 0.316 e. The number of fused-ring (bicyclic) bond motifs is 1. The van der Waals surface area contributed by atoms with Crippen molar-refractivity contribution < 1.29 is 0 Å². The number of H-pyrrole nitrogens is 1. The molecule has 24 heavy (non-hydrogen) atoms. The van der Waals surface area contributed by atoms with Gasteiger partial charge in [-0.2, -0.15) is 10.5 Å². The lowest BCUT2D eigenvalue weighted by atomic mass is 10.2. The molecule has 0 aliphatic rings. The summed E-state index contributed by atoms with van der Waals surface area (Å²) in [5, 5.41) is 25.2. The number of aromatic nitrogens is 6. The summed E-state index contributed by atoms with van der Waals surface area (Å²) in [6, 6.07) is 7.11. The van der Waals surface area contributed by atoms with Crippen molar-refractivity contribution in [1.82, 2.24) is 29.8 Å². The first kappa shape index (κ1) is 15.2. The van der Waals surface area contributed by atoms with E-state index in [-0.39, 0.29) is 11.4 Å². The van der Waals surface area contributed by atoms with Crippen LogP contribution in [0.15, 0.2) is 34.0 Å². The van der Waals surface area contributed by atoms with E-state index in [4.69, 9.17) is 5.26 Å². The highest BCUT2D eigenvalue weighted by Crippen LogP contribution is 2.17. The second-order valence-corrected chi connectivity index (χ2v) is 4.98. The molecule has 0 radical (unpaired) electrons. The molecule has 2 aromatic heterocycles. The van der Waals surface area contributed by atoms with E-state index in [0.717, 1.165) is 0 Å². The van der Waals surface area contributed by atoms with Crippen molar-refractivity contribution in [3.05, 3.63) is 50.9 Å². The van der Waals surface area contributed by atoms with Crippen molar-refractivity contribution in [3.8, 4) is 6.07 Å². The van der Waals surface area contributed by atoms with Crippen molar-refractivity contribution >= 4 is 22.3 Å². The van der Waals surface area contributed by atoms with Crippen LogP contribution in [0.1, 0.15) is 5.82 Å². The third-order valence-electron chi connectivity index (χ3n) is 3.58. The molecule has 2 heterocycles. The van der Waals surface area contributed by atoms with E-state index in [1.807, 2.05) is 6.07 Å². The van der Waals surface area contributed by atoms with Crippen LogP contribution in [-0.2, 0) is 14.1 Å². The van der Waals surface area contributed by atoms with Crippen molar-refractivity contribution in [2.75, 3.05) is 5.32 Å². The van der Waals surface area contributed by atoms with Crippen molar-refractivity contribution in [2.24, 2.45) is 14.1 Å². The summed E-state index contributed by atoms with van der Waals surface area (Å²) in [5.41, 5.74) is 0.830. The number of nitrogens with one attached hydrogen (secondary N) is 2. The zero-order valence-corrected chi connectivity index (χ0v) is 12.8. The first-order chi connectivity index (χ1) is 11.5. The Hall–Kier alpha value is -3.74. The SMILES string of the molecule is Cn1c(=O)c(=O)n(C)c2cc(NC=C(C#N)c3nn[nH]n3)ccc21. The van der Waals surface area contributed by atoms with Gasteiger partial charge in [-0.25, -0.2) is 0 Å². The van der Waals surface area contributed by atoms with Crippen LogP contribution in [0, 0.1) is 11.3 Å². The molecule has 0 atom stereocenters. The summed E-state index contributed by atoms with van der Waals surface area (Å²) in [6.07, 6.45) is 1.44. The van der Waals surface area contributed by atoms with E-state index >= 15 is 0 Å². The van der Waals surface area contributed by atoms with E-state index < -0.39 is 11.1 Å². The van der Waals surface area contributed by atoms with E-state index in [2.05, 4.69) is 25.9 Å². The minimum Gasteiger partial charge on any atom is -0.360 e. The Kier molecular flexibility index (Phi) is 3.67. The number of aromatic amines is 1. The van der Waals surface area contributed by atoms with Crippen LogP contribution in [-0.4, -0.2) is 29.8 Å². The number of rotatable bonds is 3. The molecule has 0 aliphatic carbocycles. The van der Waals surface area contributed by atoms with Crippen LogP contribution in [0.5, 0.6) is 0 Å². The molecule has 1 aromatic carbocycles. The second-order valence-electron chi connectivity index (χ2n) is 4.98. The van der Waals surface area contributed by atoms with Gasteiger partial charge in [0.05, 0.1) is 11.0 Å². The van der Waals surface area contributed by atoms with E-state index in [9.17, 15) is 9.59 Å². The number of aryl methyl sites for hydroxylation is 2. The van der Waals surface area contributed by atoms with Crippen LogP contribution in [0.25, 0.3) is 16.6 Å². The maximum atomic E-state index is 11.9. The van der Waals surface area contributed by atoms with Gasteiger partial charge >= 0.3 is 11.1 Å². The number of anilines is 1. The molecule has 10 heteroatoms. The van der Waals surface area contributed by atoms with Gasteiger partial charge in [-0.15, -0.1) is 10.2 Å². The maximum absolute atomic E-state index is 11.9. The summed E-state index contributed by atoms with van der Waals surface area (Å²) in [7, 11) is 3.08. The highest BCUT2D eigenvalue weighted by atomic mass is 16.2. The molecular formula is C14H12N8O2. The fraction of sp³-hybridized carbons (Fsp3) is 0.143. The van der Waals surface area contributed by atoms with Crippen molar-refractivity contribution in [3.63, 3.8) is 0 Å². The van der Waals surface area contributed by atoms with Crippen LogP contribution in [0.4, 0.5) is 5.69 Å². The second kappa shape index (κ2) is 5.81. The number of nitriles is 1. The average molecular weight is 324 g/mol. The topological polar surface area (TPSA) is 134 Å². The molecule has 3 aromatic rings. The predicted octanol–water partition coefficient (Wildman–Crippen LogP) is -0.273. The number of allylic oxidation sites excluding steroid dienone is 1. The van der Waals surface area contributed by atoms with Crippen molar-refractivity contribution in [1.29, 1.82) is 5.26 Å². The van der Waals surface area contributed by atoms with Gasteiger partial charge < -0.3 is 14.5 Å². The minimum atomic E-state index is -0.609. The van der Waals surface area contributed by atoms with Gasteiger partial charge in [0.25, 0.3) is 0 Å². The third-order valence-corrected chi connectivity index (χ3v) is 3.58. The van der Waals surface area contributed by atoms with E-state index in [1.54, 1.807) is 25.2 Å².